The molecule has 0 aliphatic carbocycles. The number of hydrogen-bond donors (Lipinski definition) is 2. The lowest BCUT2D eigenvalue weighted by molar-refractivity contribution is 0.456. The van der Waals surface area contributed by atoms with Gasteiger partial charge in [0.05, 0.1) is 6.04 Å². The molecule has 0 bridgehead atoms. The number of aromatic amines is 1. The van der Waals surface area contributed by atoms with Gasteiger partial charge in [0, 0.05) is 6.04 Å². The molecule has 0 radical (unpaired) electrons. The second-order valence-corrected chi connectivity index (χ2v) is 4.46. The minimum Gasteiger partial charge on any atom is -0.305 e. The van der Waals surface area contributed by atoms with Crippen LogP contribution in [0.5, 0.6) is 0 Å². The zero-order valence-electron chi connectivity index (χ0n) is 10.5. The van der Waals surface area contributed by atoms with Crippen molar-refractivity contribution in [3.8, 4) is 0 Å². The molecule has 2 rings (SSSR count). The first-order valence-corrected chi connectivity index (χ1v) is 6.01. The van der Waals surface area contributed by atoms with Crippen LogP contribution < -0.4 is 5.32 Å². The van der Waals surface area contributed by atoms with E-state index in [0.717, 1.165) is 11.4 Å². The molecule has 0 aliphatic rings. The van der Waals surface area contributed by atoms with Crippen molar-refractivity contribution in [2.75, 3.05) is 0 Å². The first-order chi connectivity index (χ1) is 8.66. The van der Waals surface area contributed by atoms with Crippen molar-refractivity contribution in [2.45, 2.75) is 32.4 Å². The number of H-pyrrole nitrogens is 1. The maximum Gasteiger partial charge on any atom is 0.141 e. The van der Waals surface area contributed by atoms with E-state index in [9.17, 15) is 4.39 Å². The molecule has 4 nitrogen and oxygen atoms in total. The molecule has 0 amide bonds. The minimum atomic E-state index is -0.154. The zero-order valence-corrected chi connectivity index (χ0v) is 10.5. The lowest BCUT2D eigenvalue weighted by Crippen LogP contribution is -2.31. The van der Waals surface area contributed by atoms with E-state index in [-0.39, 0.29) is 17.9 Å². The molecule has 0 saturated carbocycles. The Hall–Kier alpha value is -1.75. The fourth-order valence-corrected chi connectivity index (χ4v) is 1.98. The Kier molecular flexibility index (Phi) is 4.04. The summed E-state index contributed by atoms with van der Waals surface area (Å²) in [5.41, 5.74) is 0.724. The third kappa shape index (κ3) is 3.13. The van der Waals surface area contributed by atoms with Crippen LogP contribution >= 0.6 is 0 Å². The second kappa shape index (κ2) is 5.73. The molecule has 2 atom stereocenters. The Balaban J connectivity index is 1.93. The van der Waals surface area contributed by atoms with Crippen molar-refractivity contribution in [1.29, 1.82) is 0 Å². The van der Waals surface area contributed by atoms with Crippen LogP contribution in [-0.4, -0.2) is 21.2 Å². The average Bonchev–Trinajstić information content (AvgIpc) is 2.85. The van der Waals surface area contributed by atoms with Gasteiger partial charge in [-0.05, 0) is 31.9 Å². The lowest BCUT2D eigenvalue weighted by atomic mass is 10.1. The molecule has 1 aromatic heterocycles. The summed E-state index contributed by atoms with van der Waals surface area (Å²) in [6.07, 6.45) is 2.13. The van der Waals surface area contributed by atoms with Gasteiger partial charge in [-0.15, -0.1) is 0 Å². The molecule has 1 heterocycles. The topological polar surface area (TPSA) is 53.6 Å². The van der Waals surface area contributed by atoms with Gasteiger partial charge < -0.3 is 5.32 Å². The van der Waals surface area contributed by atoms with Crippen LogP contribution in [0.2, 0.25) is 0 Å². The van der Waals surface area contributed by atoms with Crippen molar-refractivity contribution in [1.82, 2.24) is 20.5 Å². The van der Waals surface area contributed by atoms with Crippen LogP contribution in [0.4, 0.5) is 4.39 Å². The highest BCUT2D eigenvalue weighted by Crippen LogP contribution is 2.12. The molecule has 0 aliphatic heterocycles. The van der Waals surface area contributed by atoms with E-state index in [1.165, 1.54) is 12.4 Å². The quantitative estimate of drug-likeness (QED) is 0.853. The fraction of sp³-hybridized carbons (Fsp3) is 0.385. The molecule has 1 aromatic carbocycles. The van der Waals surface area contributed by atoms with Gasteiger partial charge >= 0.3 is 0 Å². The smallest absolute Gasteiger partial charge is 0.141 e. The maximum atomic E-state index is 13.5. The maximum absolute atomic E-state index is 13.5. The summed E-state index contributed by atoms with van der Waals surface area (Å²) in [5, 5.41) is 9.99. The monoisotopic (exact) mass is 248 g/mol. The number of halogens is 1. The fourth-order valence-electron chi connectivity index (χ4n) is 1.98. The summed E-state index contributed by atoms with van der Waals surface area (Å²) < 4.78 is 13.5. The van der Waals surface area contributed by atoms with E-state index in [4.69, 9.17) is 0 Å². The van der Waals surface area contributed by atoms with Crippen molar-refractivity contribution < 1.29 is 4.39 Å². The highest BCUT2D eigenvalue weighted by atomic mass is 19.1. The van der Waals surface area contributed by atoms with Gasteiger partial charge in [-0.2, -0.15) is 5.10 Å². The zero-order chi connectivity index (χ0) is 13.0. The van der Waals surface area contributed by atoms with Crippen molar-refractivity contribution in [3.05, 3.63) is 47.8 Å². The third-order valence-corrected chi connectivity index (χ3v) is 2.86. The molecule has 96 valence electrons. The lowest BCUT2D eigenvalue weighted by Gasteiger charge is -2.18. The molecular formula is C13H17FN4. The molecule has 18 heavy (non-hydrogen) atoms. The summed E-state index contributed by atoms with van der Waals surface area (Å²) in [5.74, 6) is 0.633. The van der Waals surface area contributed by atoms with Crippen LogP contribution in [0.3, 0.4) is 0 Å². The number of aromatic nitrogens is 3. The number of benzene rings is 1. The summed E-state index contributed by atoms with van der Waals surface area (Å²) >= 11 is 0. The van der Waals surface area contributed by atoms with Gasteiger partial charge in [0.1, 0.15) is 18.0 Å². The number of nitrogens with one attached hydrogen (secondary N) is 2. The molecule has 0 saturated heterocycles. The summed E-state index contributed by atoms with van der Waals surface area (Å²) in [6, 6.07) is 7.07. The van der Waals surface area contributed by atoms with Gasteiger partial charge in [0.15, 0.2) is 0 Å². The SMILES string of the molecule is CC(Cc1ccccc1F)NC(C)c1ncn[nH]1. The largest absolute Gasteiger partial charge is 0.305 e. The van der Waals surface area contributed by atoms with E-state index in [0.29, 0.717) is 6.42 Å². The van der Waals surface area contributed by atoms with E-state index in [1.807, 2.05) is 26.0 Å². The van der Waals surface area contributed by atoms with Crippen LogP contribution in [0.15, 0.2) is 30.6 Å². The third-order valence-electron chi connectivity index (χ3n) is 2.86. The summed E-state index contributed by atoms with van der Waals surface area (Å²) in [4.78, 5) is 4.09. The van der Waals surface area contributed by atoms with Gasteiger partial charge in [0.25, 0.3) is 0 Å². The Labute approximate surface area is 106 Å². The second-order valence-electron chi connectivity index (χ2n) is 4.46. The van der Waals surface area contributed by atoms with E-state index >= 15 is 0 Å². The average molecular weight is 248 g/mol. The Bertz CT molecular complexity index is 483. The molecule has 2 aromatic rings. The molecule has 5 heteroatoms. The van der Waals surface area contributed by atoms with E-state index in [2.05, 4.69) is 20.5 Å². The van der Waals surface area contributed by atoms with Crippen LogP contribution in [0, 0.1) is 5.82 Å². The molecule has 0 fully saturated rings. The van der Waals surface area contributed by atoms with E-state index < -0.39 is 0 Å². The highest BCUT2D eigenvalue weighted by molar-refractivity contribution is 5.18. The predicted octanol–water partition coefficient (Wildman–Crippen LogP) is 2.23. The Morgan fingerprint density at radius 1 is 1.33 bits per heavy atom. The predicted molar refractivity (Wildman–Crippen MR) is 67.5 cm³/mol. The normalized spacial score (nSPS) is 14.4. The number of rotatable bonds is 5. The molecular weight excluding hydrogens is 231 g/mol. The molecule has 2 unspecified atom stereocenters. The number of hydrogen-bond acceptors (Lipinski definition) is 3. The van der Waals surface area contributed by atoms with Gasteiger partial charge in [-0.25, -0.2) is 9.37 Å². The Morgan fingerprint density at radius 3 is 2.78 bits per heavy atom. The van der Waals surface area contributed by atoms with Crippen LogP contribution in [0.25, 0.3) is 0 Å². The Morgan fingerprint density at radius 2 is 2.11 bits per heavy atom. The standard InChI is InChI=1S/C13H17FN4/c1-9(7-11-5-3-4-6-12(11)14)17-10(2)13-15-8-16-18-13/h3-6,8-10,17H,7H2,1-2H3,(H,15,16,18). The summed E-state index contributed by atoms with van der Waals surface area (Å²) in [7, 11) is 0. The van der Waals surface area contributed by atoms with E-state index in [1.54, 1.807) is 6.07 Å². The van der Waals surface area contributed by atoms with Gasteiger partial charge in [-0.1, -0.05) is 18.2 Å². The summed E-state index contributed by atoms with van der Waals surface area (Å²) in [6.45, 7) is 4.03. The molecule has 2 N–H and O–H groups in total. The van der Waals surface area contributed by atoms with Crippen molar-refractivity contribution in [2.24, 2.45) is 0 Å². The van der Waals surface area contributed by atoms with Crippen molar-refractivity contribution >= 4 is 0 Å². The van der Waals surface area contributed by atoms with Crippen LogP contribution in [0.1, 0.15) is 31.3 Å². The highest BCUT2D eigenvalue weighted by Gasteiger charge is 2.13. The minimum absolute atomic E-state index is 0.0641. The first kappa shape index (κ1) is 12.7. The molecule has 0 spiro atoms. The van der Waals surface area contributed by atoms with Gasteiger partial charge in [0.2, 0.25) is 0 Å². The number of nitrogens with zero attached hydrogens (tertiary/aromatic N) is 2. The first-order valence-electron chi connectivity index (χ1n) is 6.01. The van der Waals surface area contributed by atoms with Gasteiger partial charge in [-0.3, -0.25) is 5.10 Å². The van der Waals surface area contributed by atoms with Crippen LogP contribution in [-0.2, 0) is 6.42 Å². The van der Waals surface area contributed by atoms with Crippen molar-refractivity contribution in [3.63, 3.8) is 0 Å².